The van der Waals surface area contributed by atoms with Crippen LogP contribution < -0.4 is 10.6 Å². The highest BCUT2D eigenvalue weighted by Gasteiger charge is 2.19. The molecule has 1 aromatic rings. The van der Waals surface area contributed by atoms with Gasteiger partial charge in [0.1, 0.15) is 0 Å². The van der Waals surface area contributed by atoms with E-state index in [0.29, 0.717) is 4.58 Å². The molecule has 2 aliphatic heterocycles. The van der Waals surface area contributed by atoms with Crippen LogP contribution in [0.5, 0.6) is 0 Å². The fraction of sp³-hybridized carbons (Fsp3) is 0.533. The van der Waals surface area contributed by atoms with Crippen molar-refractivity contribution in [2.24, 2.45) is 0 Å². The fourth-order valence-electron chi connectivity index (χ4n) is 2.59. The summed E-state index contributed by atoms with van der Waals surface area (Å²) in [5.41, 5.74) is 2.10. The van der Waals surface area contributed by atoms with Crippen molar-refractivity contribution < 1.29 is 4.79 Å². The van der Waals surface area contributed by atoms with E-state index in [9.17, 15) is 4.79 Å². The summed E-state index contributed by atoms with van der Waals surface area (Å²) >= 11 is 3.98. The summed E-state index contributed by atoms with van der Waals surface area (Å²) in [6.45, 7) is 1.96. The second-order valence-electron chi connectivity index (χ2n) is 5.21. The number of piperidine rings is 1. The van der Waals surface area contributed by atoms with E-state index in [4.69, 9.17) is 0 Å². The molecule has 1 amide bonds. The Bertz CT molecular complexity index is 457. The van der Waals surface area contributed by atoms with Gasteiger partial charge in [-0.2, -0.15) is 0 Å². The van der Waals surface area contributed by atoms with Gasteiger partial charge in [-0.25, -0.2) is 0 Å². The Morgan fingerprint density at radius 1 is 1.19 bits per heavy atom. The van der Waals surface area contributed by atoms with Crippen LogP contribution in [0.3, 0.4) is 0 Å². The third-order valence-corrected chi connectivity index (χ3v) is 6.80. The lowest BCUT2D eigenvalue weighted by Crippen LogP contribution is -2.45. The normalized spacial score (nSPS) is 22.6. The molecule has 0 spiro atoms. The lowest BCUT2D eigenvalue weighted by Gasteiger charge is -2.23. The van der Waals surface area contributed by atoms with Gasteiger partial charge in [-0.05, 0) is 37.1 Å². The number of amides is 1. The highest BCUT2D eigenvalue weighted by molar-refractivity contribution is 8.19. The zero-order valence-electron chi connectivity index (χ0n) is 11.8. The maximum absolute atomic E-state index is 12.2. The summed E-state index contributed by atoms with van der Waals surface area (Å²) in [4.78, 5) is 12.2. The van der Waals surface area contributed by atoms with E-state index >= 15 is 0 Å². The molecule has 1 aromatic carbocycles. The van der Waals surface area contributed by atoms with Gasteiger partial charge in [-0.1, -0.05) is 12.1 Å². The first-order chi connectivity index (χ1) is 9.83. The molecule has 2 fully saturated rings. The van der Waals surface area contributed by atoms with Gasteiger partial charge in [-0.15, -0.1) is 35.9 Å². The molecule has 2 saturated heterocycles. The lowest BCUT2D eigenvalue weighted by atomic mass is 10.1. The number of hydrogen-bond acceptors (Lipinski definition) is 4. The summed E-state index contributed by atoms with van der Waals surface area (Å²) in [5.74, 6) is 2.51. The van der Waals surface area contributed by atoms with E-state index in [2.05, 4.69) is 22.8 Å². The van der Waals surface area contributed by atoms with E-state index in [0.717, 1.165) is 31.5 Å². The predicted molar refractivity (Wildman–Crippen MR) is 94.7 cm³/mol. The third kappa shape index (κ3) is 4.55. The second-order valence-corrected chi connectivity index (χ2v) is 7.94. The summed E-state index contributed by atoms with van der Waals surface area (Å²) in [7, 11) is 0. The number of nitrogens with one attached hydrogen (secondary N) is 2. The minimum absolute atomic E-state index is 0. The average molecular weight is 345 g/mol. The summed E-state index contributed by atoms with van der Waals surface area (Å²) in [6.07, 6.45) is 2.21. The number of benzene rings is 1. The SMILES string of the molecule is Cl.O=C(N[C@H]1CCCNC1)c1ccc(C2SCCS2)cc1. The molecule has 2 N–H and O–H groups in total. The average Bonchev–Trinajstić information content (AvgIpc) is 3.03. The highest BCUT2D eigenvalue weighted by Crippen LogP contribution is 2.45. The van der Waals surface area contributed by atoms with Gasteiger partial charge < -0.3 is 10.6 Å². The van der Waals surface area contributed by atoms with Gasteiger partial charge >= 0.3 is 0 Å². The van der Waals surface area contributed by atoms with E-state index in [-0.39, 0.29) is 24.4 Å². The smallest absolute Gasteiger partial charge is 0.251 e. The van der Waals surface area contributed by atoms with Gasteiger partial charge in [-0.3, -0.25) is 4.79 Å². The molecule has 1 atom stereocenters. The van der Waals surface area contributed by atoms with Crippen LogP contribution in [0.1, 0.15) is 33.3 Å². The van der Waals surface area contributed by atoms with Crippen molar-refractivity contribution in [3.8, 4) is 0 Å². The molecular weight excluding hydrogens is 324 g/mol. The van der Waals surface area contributed by atoms with Crippen LogP contribution in [-0.4, -0.2) is 36.5 Å². The van der Waals surface area contributed by atoms with Gasteiger partial charge in [0.15, 0.2) is 0 Å². The molecule has 0 aliphatic carbocycles. The van der Waals surface area contributed by atoms with Crippen LogP contribution in [0.2, 0.25) is 0 Å². The van der Waals surface area contributed by atoms with Crippen molar-refractivity contribution >= 4 is 41.8 Å². The number of halogens is 1. The minimum Gasteiger partial charge on any atom is -0.348 e. The van der Waals surface area contributed by atoms with E-state index in [1.807, 2.05) is 35.7 Å². The van der Waals surface area contributed by atoms with Crippen LogP contribution >= 0.6 is 35.9 Å². The first-order valence-electron chi connectivity index (χ1n) is 7.18. The number of thioether (sulfide) groups is 2. The molecule has 0 saturated carbocycles. The maximum Gasteiger partial charge on any atom is 0.251 e. The molecule has 3 nitrogen and oxygen atoms in total. The Morgan fingerprint density at radius 3 is 2.52 bits per heavy atom. The van der Waals surface area contributed by atoms with Crippen LogP contribution in [0.15, 0.2) is 24.3 Å². The van der Waals surface area contributed by atoms with Crippen molar-refractivity contribution in [3.05, 3.63) is 35.4 Å². The molecule has 116 valence electrons. The van der Waals surface area contributed by atoms with Gasteiger partial charge in [0.2, 0.25) is 0 Å². The number of carbonyl (C=O) groups excluding carboxylic acids is 1. The Labute approximate surface area is 140 Å². The molecule has 21 heavy (non-hydrogen) atoms. The van der Waals surface area contributed by atoms with Crippen molar-refractivity contribution in [2.75, 3.05) is 24.6 Å². The highest BCUT2D eigenvalue weighted by atomic mass is 35.5. The molecule has 0 aromatic heterocycles. The van der Waals surface area contributed by atoms with Crippen LogP contribution in [0.25, 0.3) is 0 Å². The van der Waals surface area contributed by atoms with Crippen LogP contribution in [0.4, 0.5) is 0 Å². The summed E-state index contributed by atoms with van der Waals surface area (Å²) in [6, 6.07) is 8.39. The van der Waals surface area contributed by atoms with Gasteiger partial charge in [0, 0.05) is 29.7 Å². The quantitative estimate of drug-likeness (QED) is 0.884. The van der Waals surface area contributed by atoms with Crippen molar-refractivity contribution in [1.82, 2.24) is 10.6 Å². The number of rotatable bonds is 3. The van der Waals surface area contributed by atoms with E-state index < -0.39 is 0 Å². The molecule has 6 heteroatoms. The van der Waals surface area contributed by atoms with Gasteiger partial charge in [0.05, 0.1) is 4.58 Å². The zero-order valence-corrected chi connectivity index (χ0v) is 14.3. The minimum atomic E-state index is 0. The van der Waals surface area contributed by atoms with Crippen LogP contribution in [0, 0.1) is 0 Å². The molecule has 2 heterocycles. The molecule has 0 unspecified atom stereocenters. The molecule has 3 rings (SSSR count). The maximum atomic E-state index is 12.2. The Balaban J connectivity index is 0.00000161. The molecule has 0 radical (unpaired) electrons. The summed E-state index contributed by atoms with van der Waals surface area (Å²) in [5, 5.41) is 6.43. The molecule has 0 bridgehead atoms. The van der Waals surface area contributed by atoms with Crippen LogP contribution in [-0.2, 0) is 0 Å². The standard InChI is InChI=1S/C15H20N2OS2.ClH/c18-14(17-13-2-1-7-16-10-13)11-3-5-12(6-4-11)15-19-8-9-20-15;/h3-6,13,15-16H,1-2,7-10H2,(H,17,18);1H/t13-;/m0./s1. The predicted octanol–water partition coefficient (Wildman–Crippen LogP) is 3.07. The van der Waals surface area contributed by atoms with E-state index in [1.165, 1.54) is 17.1 Å². The number of carbonyl (C=O) groups is 1. The second kappa shape index (κ2) is 8.32. The van der Waals surface area contributed by atoms with Crippen molar-refractivity contribution in [3.63, 3.8) is 0 Å². The number of hydrogen-bond donors (Lipinski definition) is 2. The lowest BCUT2D eigenvalue weighted by molar-refractivity contribution is 0.0930. The zero-order chi connectivity index (χ0) is 13.8. The summed E-state index contributed by atoms with van der Waals surface area (Å²) < 4.78 is 0.551. The Hall–Kier alpha value is -0.360. The molecular formula is C15H21ClN2OS2. The molecule has 2 aliphatic rings. The largest absolute Gasteiger partial charge is 0.348 e. The topological polar surface area (TPSA) is 41.1 Å². The first-order valence-corrected chi connectivity index (χ1v) is 9.27. The van der Waals surface area contributed by atoms with Gasteiger partial charge in [0.25, 0.3) is 5.91 Å². The van der Waals surface area contributed by atoms with E-state index in [1.54, 1.807) is 0 Å². The monoisotopic (exact) mass is 344 g/mol. The van der Waals surface area contributed by atoms with Crippen molar-refractivity contribution in [1.29, 1.82) is 0 Å². The first kappa shape index (κ1) is 17.0. The van der Waals surface area contributed by atoms with Crippen molar-refractivity contribution in [2.45, 2.75) is 23.5 Å². The third-order valence-electron chi connectivity index (χ3n) is 3.70. The Morgan fingerprint density at radius 2 is 1.90 bits per heavy atom. The Kier molecular flexibility index (Phi) is 6.74. The fourth-order valence-corrected chi connectivity index (χ4v) is 5.45.